The Hall–Kier alpha value is -1.88. The second-order valence-electron chi connectivity index (χ2n) is 3.58. The summed E-state index contributed by atoms with van der Waals surface area (Å²) in [6, 6.07) is 3.73. The van der Waals surface area contributed by atoms with Crippen molar-refractivity contribution in [2.75, 3.05) is 6.54 Å². The van der Waals surface area contributed by atoms with Gasteiger partial charge >= 0.3 is 0 Å². The zero-order chi connectivity index (χ0) is 12.7. The van der Waals surface area contributed by atoms with Crippen LogP contribution in [0.5, 0.6) is 0 Å². The highest BCUT2D eigenvalue weighted by atomic mass is 32.1. The molecule has 1 rings (SSSR count). The molecule has 0 spiro atoms. The summed E-state index contributed by atoms with van der Waals surface area (Å²) < 4.78 is 0. The van der Waals surface area contributed by atoms with E-state index in [1.54, 1.807) is 12.4 Å². The van der Waals surface area contributed by atoms with Crippen molar-refractivity contribution in [3.05, 3.63) is 53.6 Å². The van der Waals surface area contributed by atoms with Crippen LogP contribution in [0.3, 0.4) is 0 Å². The van der Waals surface area contributed by atoms with Crippen LogP contribution < -0.4 is 16.8 Å². The molecule has 0 aliphatic heterocycles. The monoisotopic (exact) mass is 248 g/mol. The van der Waals surface area contributed by atoms with Crippen LogP contribution in [0.15, 0.2) is 48.1 Å². The Kier molecular flexibility index (Phi) is 5.16. The van der Waals surface area contributed by atoms with Crippen LogP contribution in [0.2, 0.25) is 0 Å². The van der Waals surface area contributed by atoms with Gasteiger partial charge in [-0.2, -0.15) is 0 Å². The van der Waals surface area contributed by atoms with Gasteiger partial charge in [0.1, 0.15) is 4.99 Å². The molecule has 0 aromatic carbocycles. The molecule has 0 saturated heterocycles. The van der Waals surface area contributed by atoms with Crippen molar-refractivity contribution in [1.82, 2.24) is 10.3 Å². The number of pyridine rings is 1. The lowest BCUT2D eigenvalue weighted by molar-refractivity contribution is 0.993. The number of thiocarbonyl (C=S) groups is 1. The number of hydrogen-bond acceptors (Lipinski definition) is 4. The summed E-state index contributed by atoms with van der Waals surface area (Å²) in [5, 5.41) is 3.14. The first kappa shape index (κ1) is 13.2. The largest absolute Gasteiger partial charge is 0.403 e. The van der Waals surface area contributed by atoms with E-state index < -0.39 is 0 Å². The molecule has 0 atom stereocenters. The maximum absolute atomic E-state index is 5.58. The molecule has 0 unspecified atom stereocenters. The molecular formula is C12H16N4S. The molecule has 17 heavy (non-hydrogen) atoms. The number of nitrogens with zero attached hydrogens (tertiary/aromatic N) is 1. The van der Waals surface area contributed by atoms with Gasteiger partial charge in [0.05, 0.1) is 0 Å². The van der Waals surface area contributed by atoms with Crippen molar-refractivity contribution in [3.8, 4) is 0 Å². The van der Waals surface area contributed by atoms with E-state index in [0.717, 1.165) is 11.1 Å². The first-order chi connectivity index (χ1) is 8.13. The summed E-state index contributed by atoms with van der Waals surface area (Å²) in [6.45, 7) is 2.59. The zero-order valence-electron chi connectivity index (χ0n) is 9.68. The first-order valence-corrected chi connectivity index (χ1v) is 5.57. The van der Waals surface area contributed by atoms with E-state index in [2.05, 4.69) is 10.3 Å². The average Bonchev–Trinajstić information content (AvgIpc) is 2.36. The predicted molar refractivity (Wildman–Crippen MR) is 74.2 cm³/mol. The Bertz CT molecular complexity index is 437. The van der Waals surface area contributed by atoms with Gasteiger partial charge in [0.25, 0.3) is 0 Å². The van der Waals surface area contributed by atoms with Crippen LogP contribution in [-0.4, -0.2) is 16.5 Å². The topological polar surface area (TPSA) is 77.0 Å². The standard InChI is InChI=1S/C12H16N4S/c1-9(6-11(14)7-13)8-16-12(17)10-2-4-15-5-3-10/h2-7H,8,13-14H2,1H3,(H,16,17)/b9-6+,11-7-. The normalized spacial score (nSPS) is 12.3. The van der Waals surface area contributed by atoms with Crippen LogP contribution in [0.4, 0.5) is 0 Å². The Labute approximate surface area is 106 Å². The van der Waals surface area contributed by atoms with Crippen LogP contribution in [0, 0.1) is 0 Å². The highest BCUT2D eigenvalue weighted by Gasteiger charge is 1.99. The van der Waals surface area contributed by atoms with Gasteiger partial charge in [0.2, 0.25) is 0 Å². The summed E-state index contributed by atoms with van der Waals surface area (Å²) in [5.41, 5.74) is 13.4. The second kappa shape index (κ2) is 6.65. The van der Waals surface area contributed by atoms with Gasteiger partial charge in [0.15, 0.2) is 0 Å². The van der Waals surface area contributed by atoms with Crippen molar-refractivity contribution < 1.29 is 0 Å². The van der Waals surface area contributed by atoms with E-state index in [9.17, 15) is 0 Å². The predicted octanol–water partition coefficient (Wildman–Crippen LogP) is 1.05. The number of nitrogens with one attached hydrogen (secondary N) is 1. The zero-order valence-corrected chi connectivity index (χ0v) is 10.5. The molecular weight excluding hydrogens is 232 g/mol. The van der Waals surface area contributed by atoms with Gasteiger partial charge in [0, 0.05) is 36.4 Å². The van der Waals surface area contributed by atoms with Gasteiger partial charge in [-0.25, -0.2) is 0 Å². The number of rotatable bonds is 4. The number of hydrogen-bond donors (Lipinski definition) is 3. The first-order valence-electron chi connectivity index (χ1n) is 5.16. The summed E-state index contributed by atoms with van der Waals surface area (Å²) in [7, 11) is 0. The third kappa shape index (κ3) is 4.65. The number of aromatic nitrogens is 1. The van der Waals surface area contributed by atoms with E-state index in [-0.39, 0.29) is 0 Å². The van der Waals surface area contributed by atoms with E-state index in [4.69, 9.17) is 23.7 Å². The summed E-state index contributed by atoms with van der Waals surface area (Å²) >= 11 is 5.24. The molecule has 0 saturated carbocycles. The fraction of sp³-hybridized carbons (Fsp3) is 0.167. The molecule has 0 bridgehead atoms. The molecule has 4 nitrogen and oxygen atoms in total. The Morgan fingerprint density at radius 1 is 1.47 bits per heavy atom. The Morgan fingerprint density at radius 2 is 2.12 bits per heavy atom. The van der Waals surface area contributed by atoms with Gasteiger partial charge in [-0.05, 0) is 25.1 Å². The lowest BCUT2D eigenvalue weighted by Crippen LogP contribution is -2.24. The maximum atomic E-state index is 5.58. The smallest absolute Gasteiger partial charge is 0.106 e. The lowest BCUT2D eigenvalue weighted by Gasteiger charge is -2.08. The highest BCUT2D eigenvalue weighted by molar-refractivity contribution is 7.80. The van der Waals surface area contributed by atoms with Crippen molar-refractivity contribution in [2.24, 2.45) is 11.5 Å². The summed E-state index contributed by atoms with van der Waals surface area (Å²) in [6.07, 6.45) is 6.59. The lowest BCUT2D eigenvalue weighted by atomic mass is 10.2. The van der Waals surface area contributed by atoms with Crippen molar-refractivity contribution in [1.29, 1.82) is 0 Å². The molecule has 1 heterocycles. The number of nitrogens with two attached hydrogens (primary N) is 2. The third-order valence-corrected chi connectivity index (χ3v) is 2.46. The second-order valence-corrected chi connectivity index (χ2v) is 3.98. The fourth-order valence-corrected chi connectivity index (χ4v) is 1.42. The maximum Gasteiger partial charge on any atom is 0.106 e. The molecule has 0 aliphatic carbocycles. The van der Waals surface area contributed by atoms with Gasteiger partial charge in [-0.3, -0.25) is 4.98 Å². The minimum absolute atomic E-state index is 0.541. The molecule has 0 amide bonds. The number of allylic oxidation sites excluding steroid dienone is 1. The molecule has 5 heteroatoms. The van der Waals surface area contributed by atoms with Gasteiger partial charge in [-0.15, -0.1) is 0 Å². The van der Waals surface area contributed by atoms with Crippen molar-refractivity contribution >= 4 is 17.2 Å². The van der Waals surface area contributed by atoms with E-state index >= 15 is 0 Å². The quantitative estimate of drug-likeness (QED) is 0.548. The molecule has 90 valence electrons. The molecule has 0 radical (unpaired) electrons. The molecule has 1 aromatic rings. The third-order valence-electron chi connectivity index (χ3n) is 2.08. The van der Waals surface area contributed by atoms with E-state index in [1.807, 2.05) is 25.1 Å². The Morgan fingerprint density at radius 3 is 2.71 bits per heavy atom. The molecule has 0 fully saturated rings. The fourth-order valence-electron chi connectivity index (χ4n) is 1.21. The average molecular weight is 248 g/mol. The highest BCUT2D eigenvalue weighted by Crippen LogP contribution is 1.99. The van der Waals surface area contributed by atoms with Crippen LogP contribution in [0.1, 0.15) is 12.5 Å². The SMILES string of the molecule is C/C(=C\C(N)=C\N)CNC(=S)c1ccncc1. The molecule has 1 aromatic heterocycles. The van der Waals surface area contributed by atoms with Crippen LogP contribution in [-0.2, 0) is 0 Å². The van der Waals surface area contributed by atoms with Gasteiger partial charge < -0.3 is 16.8 Å². The molecule has 5 N–H and O–H groups in total. The van der Waals surface area contributed by atoms with E-state index in [1.165, 1.54) is 6.20 Å². The summed E-state index contributed by atoms with van der Waals surface area (Å²) in [4.78, 5) is 4.63. The van der Waals surface area contributed by atoms with Crippen LogP contribution >= 0.6 is 12.2 Å². The Balaban J connectivity index is 2.52. The minimum Gasteiger partial charge on any atom is -0.403 e. The van der Waals surface area contributed by atoms with Gasteiger partial charge in [-0.1, -0.05) is 17.8 Å². The minimum atomic E-state index is 0.541. The van der Waals surface area contributed by atoms with Crippen LogP contribution in [0.25, 0.3) is 0 Å². The molecule has 0 aliphatic rings. The van der Waals surface area contributed by atoms with E-state index in [0.29, 0.717) is 17.2 Å². The summed E-state index contributed by atoms with van der Waals surface area (Å²) in [5.74, 6) is 0. The van der Waals surface area contributed by atoms with Crippen molar-refractivity contribution in [3.63, 3.8) is 0 Å². The van der Waals surface area contributed by atoms with Crippen molar-refractivity contribution in [2.45, 2.75) is 6.92 Å².